The fourth-order valence-corrected chi connectivity index (χ4v) is 2.67. The van der Waals surface area contributed by atoms with E-state index in [1.165, 1.54) is 11.8 Å². The Morgan fingerprint density at radius 3 is 2.57 bits per heavy atom. The predicted octanol–water partition coefficient (Wildman–Crippen LogP) is 1.71. The van der Waals surface area contributed by atoms with E-state index in [0.29, 0.717) is 30.8 Å². The summed E-state index contributed by atoms with van der Waals surface area (Å²) in [4.78, 5) is 21.6. The molecule has 0 aliphatic rings. The van der Waals surface area contributed by atoms with Gasteiger partial charge in [0.25, 0.3) is 0 Å². The quantitative estimate of drug-likeness (QED) is 0.440. The highest BCUT2D eigenvalue weighted by Gasteiger charge is 2.17. The van der Waals surface area contributed by atoms with Gasteiger partial charge in [-0.15, -0.1) is 11.8 Å². The maximum absolute atomic E-state index is 10.9. The van der Waals surface area contributed by atoms with Gasteiger partial charge in [-0.3, -0.25) is 0 Å². The smallest absolute Gasteiger partial charge is 0.405 e. The van der Waals surface area contributed by atoms with E-state index in [-0.39, 0.29) is 5.37 Å². The van der Waals surface area contributed by atoms with Crippen molar-refractivity contribution in [3.63, 3.8) is 0 Å². The largest absolute Gasteiger partial charge is 0.493 e. The van der Waals surface area contributed by atoms with Crippen molar-refractivity contribution < 1.29 is 24.2 Å². The first-order valence-electron chi connectivity index (χ1n) is 6.95. The minimum atomic E-state index is -1.21. The molecule has 0 radical (unpaired) electrons. The van der Waals surface area contributed by atoms with Crippen LogP contribution >= 0.6 is 11.8 Å². The number of nitrogens with one attached hydrogen (secondary N) is 2. The molecule has 128 valence electrons. The highest BCUT2D eigenvalue weighted by molar-refractivity contribution is 7.99. The molecule has 8 heteroatoms. The van der Waals surface area contributed by atoms with Crippen molar-refractivity contribution in [3.8, 4) is 11.5 Å². The van der Waals surface area contributed by atoms with Crippen LogP contribution in [-0.2, 0) is 11.3 Å². The summed E-state index contributed by atoms with van der Waals surface area (Å²) < 4.78 is 10.4. The molecule has 7 nitrogen and oxygen atoms in total. The molecule has 0 aliphatic carbocycles. The lowest BCUT2D eigenvalue weighted by molar-refractivity contribution is -0.109. The molecule has 1 rings (SSSR count). The van der Waals surface area contributed by atoms with Gasteiger partial charge in [-0.05, 0) is 30.4 Å². The van der Waals surface area contributed by atoms with E-state index in [4.69, 9.17) is 14.6 Å². The predicted molar refractivity (Wildman–Crippen MR) is 89.3 cm³/mol. The molecular formula is C15H22N2O5S. The fourth-order valence-electron chi connectivity index (χ4n) is 2.02. The first-order valence-corrected chi connectivity index (χ1v) is 8.24. The van der Waals surface area contributed by atoms with Crippen LogP contribution in [0, 0.1) is 0 Å². The Kier molecular flexibility index (Phi) is 8.28. The highest BCUT2D eigenvalue weighted by atomic mass is 32.2. The highest BCUT2D eigenvalue weighted by Crippen LogP contribution is 2.27. The van der Waals surface area contributed by atoms with Crippen molar-refractivity contribution in [3.05, 3.63) is 23.8 Å². The maximum atomic E-state index is 10.9. The van der Waals surface area contributed by atoms with Gasteiger partial charge in [0.15, 0.2) is 11.5 Å². The van der Waals surface area contributed by atoms with Gasteiger partial charge >= 0.3 is 6.09 Å². The SMILES string of the molecule is COc1ccc(CNC(CC(C=O)NC(=O)O)SC)cc1OC. The topological polar surface area (TPSA) is 96.9 Å². The van der Waals surface area contributed by atoms with E-state index < -0.39 is 12.1 Å². The van der Waals surface area contributed by atoms with Crippen LogP contribution < -0.4 is 20.1 Å². The molecule has 0 saturated carbocycles. The van der Waals surface area contributed by atoms with E-state index in [2.05, 4.69) is 10.6 Å². The second kappa shape index (κ2) is 9.96. The fraction of sp³-hybridized carbons (Fsp3) is 0.467. The minimum absolute atomic E-state index is 0.0647. The average molecular weight is 342 g/mol. The van der Waals surface area contributed by atoms with Gasteiger partial charge in [0, 0.05) is 6.54 Å². The summed E-state index contributed by atoms with van der Waals surface area (Å²) in [5.41, 5.74) is 0.996. The van der Waals surface area contributed by atoms with Gasteiger partial charge in [0.2, 0.25) is 0 Å². The Morgan fingerprint density at radius 2 is 2.04 bits per heavy atom. The third-order valence-corrected chi connectivity index (χ3v) is 4.14. The Labute approximate surface area is 139 Å². The second-order valence-electron chi connectivity index (χ2n) is 4.72. The number of hydrogen-bond acceptors (Lipinski definition) is 6. The molecule has 0 saturated heterocycles. The normalized spacial score (nSPS) is 13.0. The first kappa shape index (κ1) is 19.1. The van der Waals surface area contributed by atoms with Crippen molar-refractivity contribution in [1.82, 2.24) is 10.6 Å². The molecule has 0 fully saturated rings. The molecule has 0 spiro atoms. The lowest BCUT2D eigenvalue weighted by atomic mass is 10.2. The van der Waals surface area contributed by atoms with Gasteiger partial charge in [-0.2, -0.15) is 0 Å². The first-order chi connectivity index (χ1) is 11.0. The zero-order chi connectivity index (χ0) is 17.2. The van der Waals surface area contributed by atoms with Crippen LogP contribution in [0.4, 0.5) is 4.79 Å². The number of carbonyl (C=O) groups excluding carboxylic acids is 1. The van der Waals surface area contributed by atoms with Crippen molar-refractivity contribution in [2.75, 3.05) is 20.5 Å². The summed E-state index contributed by atoms with van der Waals surface area (Å²) in [6.07, 6.45) is 1.66. The molecule has 0 heterocycles. The van der Waals surface area contributed by atoms with Crippen LogP contribution in [0.3, 0.4) is 0 Å². The lowest BCUT2D eigenvalue weighted by Gasteiger charge is -2.20. The summed E-state index contributed by atoms with van der Waals surface area (Å²) in [7, 11) is 3.15. The number of benzene rings is 1. The number of thioether (sulfide) groups is 1. The number of amides is 1. The standard InChI is InChI=1S/C15H22N2O5S/c1-21-12-5-4-10(6-13(12)22-2)8-16-14(23-3)7-11(9-18)17-15(19)20/h4-6,9,11,14,16-17H,7-8H2,1-3H3,(H,19,20). The van der Waals surface area contributed by atoms with Crippen LogP contribution in [0.5, 0.6) is 11.5 Å². The Bertz CT molecular complexity index is 527. The molecule has 1 aromatic carbocycles. The van der Waals surface area contributed by atoms with Crippen molar-refractivity contribution in [2.24, 2.45) is 0 Å². The van der Waals surface area contributed by atoms with Gasteiger partial charge in [0.1, 0.15) is 6.29 Å². The zero-order valence-electron chi connectivity index (χ0n) is 13.4. The van der Waals surface area contributed by atoms with Crippen LogP contribution in [0.1, 0.15) is 12.0 Å². The molecule has 0 aliphatic heterocycles. The van der Waals surface area contributed by atoms with E-state index in [1.807, 2.05) is 24.5 Å². The van der Waals surface area contributed by atoms with Crippen LogP contribution in [0.25, 0.3) is 0 Å². The zero-order valence-corrected chi connectivity index (χ0v) is 14.2. The van der Waals surface area contributed by atoms with Gasteiger partial charge in [-0.25, -0.2) is 4.79 Å². The van der Waals surface area contributed by atoms with E-state index in [0.717, 1.165) is 5.56 Å². The van der Waals surface area contributed by atoms with Crippen LogP contribution in [-0.4, -0.2) is 49.4 Å². The Morgan fingerprint density at radius 1 is 1.35 bits per heavy atom. The Hall–Kier alpha value is -1.93. The van der Waals surface area contributed by atoms with E-state index >= 15 is 0 Å². The van der Waals surface area contributed by atoms with E-state index in [1.54, 1.807) is 14.2 Å². The van der Waals surface area contributed by atoms with Crippen molar-refractivity contribution in [2.45, 2.75) is 24.4 Å². The number of ether oxygens (including phenoxy) is 2. The molecule has 2 atom stereocenters. The monoisotopic (exact) mass is 342 g/mol. The summed E-state index contributed by atoms with van der Waals surface area (Å²) >= 11 is 1.52. The molecule has 1 amide bonds. The molecule has 0 aromatic heterocycles. The molecule has 1 aromatic rings. The maximum Gasteiger partial charge on any atom is 0.405 e. The third-order valence-electron chi connectivity index (χ3n) is 3.21. The van der Waals surface area contributed by atoms with Crippen LogP contribution in [0.15, 0.2) is 18.2 Å². The molecule has 0 bridgehead atoms. The van der Waals surface area contributed by atoms with Gasteiger partial charge < -0.3 is 30.0 Å². The van der Waals surface area contributed by atoms with Crippen molar-refractivity contribution in [1.29, 1.82) is 0 Å². The van der Waals surface area contributed by atoms with Gasteiger partial charge in [0.05, 0.1) is 25.6 Å². The minimum Gasteiger partial charge on any atom is -0.493 e. The molecule has 2 unspecified atom stereocenters. The lowest BCUT2D eigenvalue weighted by Crippen LogP contribution is -2.40. The molecule has 23 heavy (non-hydrogen) atoms. The number of hydrogen-bond donors (Lipinski definition) is 3. The third kappa shape index (κ3) is 6.37. The molecular weight excluding hydrogens is 320 g/mol. The van der Waals surface area contributed by atoms with E-state index in [9.17, 15) is 9.59 Å². The number of methoxy groups -OCH3 is 2. The number of carbonyl (C=O) groups is 2. The number of carboxylic acid groups (broad SMARTS) is 1. The number of aldehydes is 1. The summed E-state index contributed by atoms with van der Waals surface area (Å²) in [5, 5.41) is 14.1. The summed E-state index contributed by atoms with van der Waals surface area (Å²) in [6.45, 7) is 0.560. The number of rotatable bonds is 10. The van der Waals surface area contributed by atoms with Crippen molar-refractivity contribution >= 4 is 24.1 Å². The summed E-state index contributed by atoms with van der Waals surface area (Å²) in [5.74, 6) is 1.30. The average Bonchev–Trinajstić information content (AvgIpc) is 2.56. The second-order valence-corrected chi connectivity index (χ2v) is 5.76. The molecule has 3 N–H and O–H groups in total. The Balaban J connectivity index is 2.63. The van der Waals surface area contributed by atoms with Crippen LogP contribution in [0.2, 0.25) is 0 Å². The van der Waals surface area contributed by atoms with Gasteiger partial charge in [-0.1, -0.05) is 6.07 Å². The summed E-state index contributed by atoms with van der Waals surface area (Å²) in [6, 6.07) is 4.88.